The highest BCUT2D eigenvalue weighted by molar-refractivity contribution is 7.99. The molecule has 0 spiro atoms. The molecular formula is C20H20N6O3S. The third-order valence-corrected chi connectivity index (χ3v) is 5.17. The number of carbonyl (C=O) groups is 1. The van der Waals surface area contributed by atoms with Gasteiger partial charge >= 0.3 is 0 Å². The first-order valence-electron chi connectivity index (χ1n) is 9.39. The molecule has 1 amide bonds. The number of amides is 1. The van der Waals surface area contributed by atoms with Gasteiger partial charge in [-0.05, 0) is 24.6 Å². The van der Waals surface area contributed by atoms with Gasteiger partial charge < -0.3 is 14.3 Å². The average Bonchev–Trinajstić information content (AvgIpc) is 3.49. The summed E-state index contributed by atoms with van der Waals surface area (Å²) in [5, 5.41) is 15.8. The van der Waals surface area contributed by atoms with E-state index in [0.717, 1.165) is 5.56 Å². The Balaban J connectivity index is 1.40. The summed E-state index contributed by atoms with van der Waals surface area (Å²) in [5.41, 5.74) is 1.10. The van der Waals surface area contributed by atoms with Gasteiger partial charge in [0.25, 0.3) is 0 Å². The zero-order valence-corrected chi connectivity index (χ0v) is 17.1. The number of hydrogen-bond acceptors (Lipinski definition) is 8. The highest BCUT2D eigenvalue weighted by Gasteiger charge is 2.18. The molecular weight excluding hydrogens is 404 g/mol. The van der Waals surface area contributed by atoms with Crippen molar-refractivity contribution in [1.29, 1.82) is 0 Å². The van der Waals surface area contributed by atoms with Gasteiger partial charge in [0.1, 0.15) is 0 Å². The van der Waals surface area contributed by atoms with Crippen LogP contribution in [0.25, 0.3) is 11.6 Å². The van der Waals surface area contributed by atoms with E-state index in [1.165, 1.54) is 11.8 Å². The van der Waals surface area contributed by atoms with Crippen LogP contribution in [-0.2, 0) is 17.8 Å². The molecule has 0 radical (unpaired) electrons. The number of hydrogen-bond donors (Lipinski definition) is 1. The van der Waals surface area contributed by atoms with E-state index >= 15 is 0 Å². The van der Waals surface area contributed by atoms with E-state index in [4.69, 9.17) is 8.94 Å². The second kappa shape index (κ2) is 9.40. The molecule has 0 aliphatic carbocycles. The summed E-state index contributed by atoms with van der Waals surface area (Å²) in [6.07, 6.45) is 2.09. The highest BCUT2D eigenvalue weighted by Crippen LogP contribution is 2.25. The van der Waals surface area contributed by atoms with E-state index < -0.39 is 0 Å². The van der Waals surface area contributed by atoms with Crippen molar-refractivity contribution in [2.75, 3.05) is 12.3 Å². The lowest BCUT2D eigenvalue weighted by atomic mass is 10.2. The van der Waals surface area contributed by atoms with Gasteiger partial charge in [0, 0.05) is 13.0 Å². The van der Waals surface area contributed by atoms with Gasteiger partial charge in [0.2, 0.25) is 17.6 Å². The lowest BCUT2D eigenvalue weighted by Gasteiger charge is -2.09. The molecule has 1 N–H and O–H groups in total. The molecule has 0 unspecified atom stereocenters. The van der Waals surface area contributed by atoms with Gasteiger partial charge in [-0.1, -0.05) is 47.3 Å². The Kier molecular flexibility index (Phi) is 6.23. The molecule has 0 fully saturated rings. The number of aromatic nitrogens is 5. The van der Waals surface area contributed by atoms with Crippen LogP contribution in [0.4, 0.5) is 0 Å². The third kappa shape index (κ3) is 4.95. The van der Waals surface area contributed by atoms with Crippen LogP contribution in [0, 0.1) is 6.92 Å². The summed E-state index contributed by atoms with van der Waals surface area (Å²) in [4.78, 5) is 16.4. The van der Waals surface area contributed by atoms with E-state index in [-0.39, 0.29) is 11.7 Å². The molecule has 1 aromatic carbocycles. The zero-order valence-electron chi connectivity index (χ0n) is 16.3. The first-order valence-corrected chi connectivity index (χ1v) is 10.4. The topological polar surface area (TPSA) is 112 Å². The van der Waals surface area contributed by atoms with Crippen molar-refractivity contribution in [3.8, 4) is 11.6 Å². The largest absolute Gasteiger partial charge is 0.461 e. The molecule has 3 aromatic heterocycles. The molecule has 154 valence electrons. The van der Waals surface area contributed by atoms with Crippen LogP contribution in [0.1, 0.15) is 17.3 Å². The fourth-order valence-corrected chi connectivity index (χ4v) is 3.59. The summed E-state index contributed by atoms with van der Waals surface area (Å²) in [5.74, 6) is 2.45. The Hall–Kier alpha value is -3.40. The van der Waals surface area contributed by atoms with Gasteiger partial charge in [-0.25, -0.2) is 0 Å². The highest BCUT2D eigenvalue weighted by atomic mass is 32.2. The molecule has 0 aliphatic heterocycles. The molecule has 0 saturated heterocycles. The Morgan fingerprint density at radius 2 is 2.03 bits per heavy atom. The van der Waals surface area contributed by atoms with Crippen molar-refractivity contribution >= 4 is 17.7 Å². The summed E-state index contributed by atoms with van der Waals surface area (Å²) < 4.78 is 12.5. The van der Waals surface area contributed by atoms with Crippen molar-refractivity contribution < 1.29 is 13.7 Å². The number of aryl methyl sites for hydroxylation is 1. The van der Waals surface area contributed by atoms with Crippen molar-refractivity contribution in [1.82, 2.24) is 30.2 Å². The summed E-state index contributed by atoms with van der Waals surface area (Å²) >= 11 is 1.33. The molecule has 0 bridgehead atoms. The Morgan fingerprint density at radius 1 is 1.17 bits per heavy atom. The molecule has 30 heavy (non-hydrogen) atoms. The van der Waals surface area contributed by atoms with Gasteiger partial charge in [-0.15, -0.1) is 10.2 Å². The number of rotatable bonds is 9. The predicted molar refractivity (Wildman–Crippen MR) is 110 cm³/mol. The van der Waals surface area contributed by atoms with Crippen molar-refractivity contribution in [2.45, 2.75) is 25.0 Å². The quantitative estimate of drug-likeness (QED) is 0.408. The predicted octanol–water partition coefficient (Wildman–Crippen LogP) is 2.73. The second-order valence-corrected chi connectivity index (χ2v) is 7.42. The lowest BCUT2D eigenvalue weighted by molar-refractivity contribution is -0.118. The number of nitrogens with zero attached hydrogens (tertiary/aromatic N) is 5. The van der Waals surface area contributed by atoms with Crippen LogP contribution >= 0.6 is 11.8 Å². The molecule has 0 aliphatic rings. The van der Waals surface area contributed by atoms with Gasteiger partial charge in [-0.3, -0.25) is 9.36 Å². The molecule has 0 atom stereocenters. The van der Waals surface area contributed by atoms with Crippen LogP contribution in [0.2, 0.25) is 0 Å². The summed E-state index contributed by atoms with van der Waals surface area (Å²) in [6.45, 7) is 2.75. The van der Waals surface area contributed by atoms with Crippen molar-refractivity contribution in [3.63, 3.8) is 0 Å². The SMILES string of the molecule is Cc1noc(CCNC(=O)CSc2nnc(-c3ccco3)n2Cc2ccccc2)n1. The smallest absolute Gasteiger partial charge is 0.230 e. The number of carbonyl (C=O) groups excluding carboxylic acids is 1. The minimum absolute atomic E-state index is 0.106. The zero-order chi connectivity index (χ0) is 20.8. The number of thioether (sulfide) groups is 1. The monoisotopic (exact) mass is 424 g/mol. The number of furan rings is 1. The maximum absolute atomic E-state index is 12.2. The van der Waals surface area contributed by atoms with Gasteiger partial charge in [0.15, 0.2) is 16.7 Å². The van der Waals surface area contributed by atoms with Crippen LogP contribution in [0.15, 0.2) is 62.8 Å². The van der Waals surface area contributed by atoms with Crippen molar-refractivity contribution in [2.24, 2.45) is 0 Å². The molecule has 4 rings (SSSR count). The summed E-state index contributed by atoms with van der Waals surface area (Å²) in [6, 6.07) is 13.7. The first kappa shape index (κ1) is 19.9. The fraction of sp³-hybridized carbons (Fsp3) is 0.250. The Morgan fingerprint density at radius 3 is 2.77 bits per heavy atom. The maximum Gasteiger partial charge on any atom is 0.230 e. The van der Waals surface area contributed by atoms with E-state index in [1.54, 1.807) is 13.2 Å². The Bertz CT molecular complexity index is 1090. The second-order valence-electron chi connectivity index (χ2n) is 6.48. The van der Waals surface area contributed by atoms with Gasteiger partial charge in [0.05, 0.1) is 18.6 Å². The van der Waals surface area contributed by atoms with Crippen LogP contribution < -0.4 is 5.32 Å². The lowest BCUT2D eigenvalue weighted by Crippen LogP contribution is -2.27. The minimum Gasteiger partial charge on any atom is -0.461 e. The van der Waals surface area contributed by atoms with Crippen LogP contribution in [0.5, 0.6) is 0 Å². The van der Waals surface area contributed by atoms with E-state index in [0.29, 0.717) is 48.0 Å². The number of nitrogens with one attached hydrogen (secondary N) is 1. The first-order chi connectivity index (χ1) is 14.7. The number of benzene rings is 1. The molecule has 4 aromatic rings. The average molecular weight is 424 g/mol. The molecule has 9 nitrogen and oxygen atoms in total. The van der Waals surface area contributed by atoms with E-state index in [9.17, 15) is 4.79 Å². The normalized spacial score (nSPS) is 11.0. The summed E-state index contributed by atoms with van der Waals surface area (Å²) in [7, 11) is 0. The van der Waals surface area contributed by atoms with E-state index in [2.05, 4.69) is 25.7 Å². The van der Waals surface area contributed by atoms with Crippen molar-refractivity contribution in [3.05, 3.63) is 66.0 Å². The molecule has 10 heteroatoms. The fourth-order valence-electron chi connectivity index (χ4n) is 2.82. The van der Waals surface area contributed by atoms with E-state index in [1.807, 2.05) is 47.0 Å². The maximum atomic E-state index is 12.2. The van der Waals surface area contributed by atoms with Crippen LogP contribution in [0.3, 0.4) is 0 Å². The van der Waals surface area contributed by atoms with Crippen LogP contribution in [-0.4, -0.2) is 43.1 Å². The third-order valence-electron chi connectivity index (χ3n) is 4.20. The Labute approximate surface area is 176 Å². The molecule has 3 heterocycles. The van der Waals surface area contributed by atoms with Gasteiger partial charge in [-0.2, -0.15) is 4.98 Å². The molecule has 0 saturated carbocycles. The minimum atomic E-state index is -0.106. The standard InChI is InChI=1S/C20H20N6O3S/c1-14-22-18(29-25-14)9-10-21-17(27)13-30-20-24-23-19(16-8-5-11-28-16)26(20)12-15-6-3-2-4-7-15/h2-8,11H,9-10,12-13H2,1H3,(H,21,27).